The van der Waals surface area contributed by atoms with Crippen molar-refractivity contribution in [3.05, 3.63) is 68.4 Å². The van der Waals surface area contributed by atoms with Gasteiger partial charge in [-0.3, -0.25) is 0 Å². The minimum absolute atomic E-state index is 0.199. The Balaban J connectivity index is 1.75. The Kier molecular flexibility index (Phi) is 9.17. The highest BCUT2D eigenvalue weighted by atomic mass is 127. The first-order valence-corrected chi connectivity index (χ1v) is 18.1. The van der Waals surface area contributed by atoms with Crippen LogP contribution in [0.5, 0.6) is 0 Å². The summed E-state index contributed by atoms with van der Waals surface area (Å²) in [4.78, 5) is 0.639. The number of allylic oxidation sites excluding steroid dienone is 2. The maximum atomic E-state index is 15.8. The number of rotatable bonds is 10. The summed E-state index contributed by atoms with van der Waals surface area (Å²) in [6.07, 6.45) is 5.59. The molecule has 0 bridgehead atoms. The number of thiophene rings is 2. The standard InChI is InChI=1S/C31H28F6I2S2/c1-17-25(21-11-9-19(7-3-5-13-38)15-23(21)40-17)27-28(30(34,35)31(36,37)29(27,32)33)26-18(2)41-24-16-20(8-4-6-14-39)10-12-22(24)26/h9-12,15-16H,3-8,13-14H2,1-2H3. The molecule has 220 valence electrons. The summed E-state index contributed by atoms with van der Waals surface area (Å²) in [6.45, 7) is 3.09. The quantitative estimate of drug-likeness (QED) is 0.0646. The van der Waals surface area contributed by atoms with Crippen molar-refractivity contribution in [1.29, 1.82) is 0 Å². The van der Waals surface area contributed by atoms with Gasteiger partial charge in [-0.2, -0.15) is 26.3 Å². The van der Waals surface area contributed by atoms with E-state index in [-0.39, 0.29) is 11.1 Å². The van der Waals surface area contributed by atoms with Gasteiger partial charge in [0.05, 0.1) is 0 Å². The molecule has 1 aliphatic rings. The third-order valence-corrected chi connectivity index (χ3v) is 11.4. The van der Waals surface area contributed by atoms with Crippen LogP contribution in [-0.4, -0.2) is 26.6 Å². The van der Waals surface area contributed by atoms with Crippen molar-refractivity contribution in [2.75, 3.05) is 8.86 Å². The lowest BCUT2D eigenvalue weighted by molar-refractivity contribution is -0.254. The van der Waals surface area contributed by atoms with Crippen LogP contribution in [0.3, 0.4) is 0 Å². The zero-order chi connectivity index (χ0) is 29.7. The van der Waals surface area contributed by atoms with Crippen LogP contribution in [0.15, 0.2) is 36.4 Å². The average Bonchev–Trinajstić information content (AvgIpc) is 3.43. The molecule has 0 nitrogen and oxygen atoms in total. The fourth-order valence-corrected chi connectivity index (χ4v) is 9.04. The van der Waals surface area contributed by atoms with Crippen molar-refractivity contribution in [2.24, 2.45) is 0 Å². The number of unbranched alkanes of at least 4 members (excludes halogenated alkanes) is 2. The van der Waals surface area contributed by atoms with Gasteiger partial charge in [0, 0.05) is 52.2 Å². The lowest BCUT2D eigenvalue weighted by Gasteiger charge is -2.26. The van der Waals surface area contributed by atoms with Gasteiger partial charge < -0.3 is 0 Å². The number of hydrogen-bond acceptors (Lipinski definition) is 2. The van der Waals surface area contributed by atoms with Gasteiger partial charge >= 0.3 is 17.8 Å². The van der Waals surface area contributed by atoms with E-state index in [1.54, 1.807) is 38.1 Å². The number of fused-ring (bicyclic) bond motifs is 2. The molecule has 0 spiro atoms. The monoisotopic (exact) mass is 832 g/mol. The van der Waals surface area contributed by atoms with Crippen LogP contribution in [-0.2, 0) is 12.8 Å². The van der Waals surface area contributed by atoms with Gasteiger partial charge in [0.25, 0.3) is 0 Å². The first kappa shape index (κ1) is 31.6. The number of alkyl halides is 8. The smallest absolute Gasteiger partial charge is 0.194 e. The summed E-state index contributed by atoms with van der Waals surface area (Å²) in [5.41, 5.74) is -0.880. The minimum Gasteiger partial charge on any atom is -0.194 e. The topological polar surface area (TPSA) is 0 Å². The second kappa shape index (κ2) is 11.9. The molecule has 0 saturated carbocycles. The fraction of sp³-hybridized carbons (Fsp3) is 0.419. The van der Waals surface area contributed by atoms with E-state index in [9.17, 15) is 0 Å². The van der Waals surface area contributed by atoms with Crippen molar-refractivity contribution in [1.82, 2.24) is 0 Å². The van der Waals surface area contributed by atoms with Gasteiger partial charge in [0.2, 0.25) is 0 Å². The zero-order valence-corrected chi connectivity index (χ0v) is 28.4. The van der Waals surface area contributed by atoms with E-state index in [0.29, 0.717) is 29.9 Å². The minimum atomic E-state index is -5.58. The van der Waals surface area contributed by atoms with Gasteiger partial charge in [-0.25, -0.2) is 0 Å². The highest BCUT2D eigenvalue weighted by Gasteiger charge is 2.80. The first-order valence-electron chi connectivity index (χ1n) is 13.4. The number of halogens is 8. The van der Waals surface area contributed by atoms with E-state index in [1.165, 1.54) is 22.7 Å². The summed E-state index contributed by atoms with van der Waals surface area (Å²) in [5.74, 6) is -15.7. The van der Waals surface area contributed by atoms with Gasteiger partial charge in [0.1, 0.15) is 0 Å². The Morgan fingerprint density at radius 3 is 1.37 bits per heavy atom. The van der Waals surface area contributed by atoms with Crippen LogP contribution in [0, 0.1) is 13.8 Å². The molecule has 0 aliphatic heterocycles. The van der Waals surface area contributed by atoms with Crippen molar-refractivity contribution in [2.45, 2.75) is 70.1 Å². The predicted molar refractivity (Wildman–Crippen MR) is 178 cm³/mol. The summed E-state index contributed by atoms with van der Waals surface area (Å²) >= 11 is 6.98. The fourth-order valence-electron chi connectivity index (χ4n) is 5.70. The van der Waals surface area contributed by atoms with E-state index in [1.807, 2.05) is 12.1 Å². The molecule has 0 unspecified atom stereocenters. The van der Waals surface area contributed by atoms with Crippen LogP contribution >= 0.6 is 67.9 Å². The third kappa shape index (κ3) is 5.28. The van der Waals surface area contributed by atoms with Crippen LogP contribution in [0.4, 0.5) is 26.3 Å². The Labute approximate surface area is 270 Å². The molecule has 4 aromatic rings. The van der Waals surface area contributed by atoms with Crippen LogP contribution in [0.2, 0.25) is 0 Å². The molecule has 10 heteroatoms. The largest absolute Gasteiger partial charge is 0.380 e. The molecule has 0 N–H and O–H groups in total. The Bertz CT molecular complexity index is 1510. The highest BCUT2D eigenvalue weighted by molar-refractivity contribution is 14.1. The molecular formula is C31H28F6I2S2. The summed E-state index contributed by atoms with van der Waals surface area (Å²) in [6, 6.07) is 10.6. The molecule has 0 fully saturated rings. The van der Waals surface area contributed by atoms with E-state index in [0.717, 1.165) is 58.5 Å². The molecule has 0 saturated heterocycles. The Morgan fingerprint density at radius 2 is 1.00 bits per heavy atom. The lowest BCUT2D eigenvalue weighted by atomic mass is 9.91. The normalized spacial score (nSPS) is 17.8. The van der Waals surface area contributed by atoms with Crippen LogP contribution in [0.1, 0.15) is 57.7 Å². The molecule has 41 heavy (non-hydrogen) atoms. The maximum Gasteiger partial charge on any atom is 0.380 e. The molecule has 5 rings (SSSR count). The zero-order valence-electron chi connectivity index (χ0n) is 22.5. The first-order chi connectivity index (χ1) is 19.4. The number of hydrogen-bond donors (Lipinski definition) is 0. The molecule has 0 amide bonds. The van der Waals surface area contributed by atoms with E-state index >= 15 is 26.3 Å². The maximum absolute atomic E-state index is 15.8. The Hall–Kier alpha value is -0.860. The Morgan fingerprint density at radius 1 is 0.610 bits per heavy atom. The summed E-state index contributed by atoms with van der Waals surface area (Å²) in [5, 5.41) is 0.612. The van der Waals surface area contributed by atoms with Crippen molar-refractivity contribution >= 4 is 99.2 Å². The third-order valence-electron chi connectivity index (χ3n) is 7.73. The van der Waals surface area contributed by atoms with E-state index in [4.69, 9.17) is 0 Å². The second-order valence-electron chi connectivity index (χ2n) is 10.5. The molecule has 2 aromatic heterocycles. The summed E-state index contributed by atoms with van der Waals surface area (Å²) < 4.78 is 96.8. The number of aryl methyl sites for hydroxylation is 4. The average molecular weight is 832 g/mol. The van der Waals surface area contributed by atoms with Crippen molar-refractivity contribution in [3.63, 3.8) is 0 Å². The summed E-state index contributed by atoms with van der Waals surface area (Å²) in [7, 11) is 0. The molecular weight excluding hydrogens is 804 g/mol. The van der Waals surface area contributed by atoms with E-state index in [2.05, 4.69) is 45.2 Å². The van der Waals surface area contributed by atoms with Gasteiger partial charge in [-0.05, 0) is 84.5 Å². The van der Waals surface area contributed by atoms with Gasteiger partial charge in [-0.1, -0.05) is 69.4 Å². The SMILES string of the molecule is Cc1sc2cc(CCCCI)ccc2c1C1=C(c2c(C)sc3cc(CCCCI)ccc23)C(F)(F)C(F)(F)C1(F)F. The van der Waals surface area contributed by atoms with Gasteiger partial charge in [0.15, 0.2) is 0 Å². The van der Waals surface area contributed by atoms with Crippen molar-refractivity contribution < 1.29 is 26.3 Å². The predicted octanol–water partition coefficient (Wildman–Crippen LogP) is 12.1. The van der Waals surface area contributed by atoms with E-state index < -0.39 is 28.9 Å². The second-order valence-corrected chi connectivity index (χ2v) is 15.2. The lowest BCUT2D eigenvalue weighted by Crippen LogP contribution is -2.48. The van der Waals surface area contributed by atoms with Crippen LogP contribution in [0.25, 0.3) is 31.3 Å². The van der Waals surface area contributed by atoms with Crippen molar-refractivity contribution in [3.8, 4) is 0 Å². The highest BCUT2D eigenvalue weighted by Crippen LogP contribution is 2.67. The molecule has 0 atom stereocenters. The van der Waals surface area contributed by atoms with Crippen LogP contribution < -0.4 is 0 Å². The number of benzene rings is 2. The van der Waals surface area contributed by atoms with Gasteiger partial charge in [-0.15, -0.1) is 22.7 Å². The molecule has 1 aliphatic carbocycles. The molecule has 2 aromatic carbocycles. The molecule has 2 heterocycles. The molecule has 0 radical (unpaired) electrons.